The minimum absolute atomic E-state index is 0.132. The highest BCUT2D eigenvalue weighted by Crippen LogP contribution is 2.23. The monoisotopic (exact) mass is 258 g/mol. The van der Waals surface area contributed by atoms with Crippen LogP contribution in [0.4, 0.5) is 0 Å². The molecule has 90 valence electrons. The topological polar surface area (TPSA) is 66.0 Å². The molecule has 3 aromatic rings. The van der Waals surface area contributed by atoms with Crippen molar-refractivity contribution in [2.24, 2.45) is 0 Å². The zero-order valence-corrected chi connectivity index (χ0v) is 10.4. The highest BCUT2D eigenvalue weighted by atomic mass is 32.1. The van der Waals surface area contributed by atoms with E-state index in [0.29, 0.717) is 11.2 Å². The third-order valence-corrected chi connectivity index (χ3v) is 3.61. The lowest BCUT2D eigenvalue weighted by atomic mass is 10.2. The van der Waals surface area contributed by atoms with E-state index < -0.39 is 0 Å². The van der Waals surface area contributed by atoms with Crippen molar-refractivity contribution in [2.45, 2.75) is 6.92 Å². The van der Waals surface area contributed by atoms with Crippen molar-refractivity contribution in [3.05, 3.63) is 45.6 Å². The van der Waals surface area contributed by atoms with Crippen LogP contribution in [0.1, 0.15) is 4.88 Å². The molecule has 2 aromatic heterocycles. The lowest BCUT2D eigenvalue weighted by Crippen LogP contribution is -2.07. The van der Waals surface area contributed by atoms with Crippen LogP contribution in [-0.4, -0.2) is 15.1 Å². The maximum Gasteiger partial charge on any atom is 0.259 e. The second-order valence-electron chi connectivity index (χ2n) is 4.04. The Kier molecular flexibility index (Phi) is 2.41. The van der Waals surface area contributed by atoms with Gasteiger partial charge in [-0.15, -0.1) is 11.3 Å². The van der Waals surface area contributed by atoms with Gasteiger partial charge in [-0.2, -0.15) is 0 Å². The number of phenols is 1. The van der Waals surface area contributed by atoms with Crippen molar-refractivity contribution in [3.8, 4) is 17.1 Å². The van der Waals surface area contributed by atoms with Crippen LogP contribution in [0.25, 0.3) is 21.6 Å². The molecule has 0 saturated heterocycles. The van der Waals surface area contributed by atoms with E-state index >= 15 is 0 Å². The van der Waals surface area contributed by atoms with E-state index in [1.54, 1.807) is 24.3 Å². The molecule has 3 rings (SSSR count). The number of aromatic amines is 1. The Balaban J connectivity index is 2.24. The standard InChI is InChI=1S/C13H10N2O2S/c1-7-6-10-12(17)14-11(15-13(10)18-7)8-2-4-9(16)5-3-8/h2-6,16H,1H3,(H,14,15,17). The van der Waals surface area contributed by atoms with Gasteiger partial charge in [0.25, 0.3) is 5.56 Å². The zero-order chi connectivity index (χ0) is 12.7. The highest BCUT2D eigenvalue weighted by molar-refractivity contribution is 7.18. The number of hydrogen-bond acceptors (Lipinski definition) is 4. The molecule has 0 amide bonds. The number of fused-ring (bicyclic) bond motifs is 1. The molecule has 1 aromatic carbocycles. The number of phenolic OH excluding ortho intramolecular Hbond substituents is 1. The Morgan fingerprint density at radius 2 is 2.00 bits per heavy atom. The second kappa shape index (κ2) is 3.96. The third kappa shape index (κ3) is 1.78. The average Bonchev–Trinajstić information content (AvgIpc) is 2.71. The van der Waals surface area contributed by atoms with Crippen molar-refractivity contribution < 1.29 is 5.11 Å². The van der Waals surface area contributed by atoms with E-state index in [0.717, 1.165) is 15.3 Å². The highest BCUT2D eigenvalue weighted by Gasteiger charge is 2.08. The minimum Gasteiger partial charge on any atom is -0.508 e. The molecule has 0 atom stereocenters. The SMILES string of the molecule is Cc1cc2c(=O)[nH]c(-c3ccc(O)cc3)nc2s1. The van der Waals surface area contributed by atoms with Crippen molar-refractivity contribution in [1.29, 1.82) is 0 Å². The van der Waals surface area contributed by atoms with Crippen molar-refractivity contribution in [1.82, 2.24) is 9.97 Å². The quantitative estimate of drug-likeness (QED) is 0.705. The molecule has 0 bridgehead atoms. The lowest BCUT2D eigenvalue weighted by Gasteiger charge is -2.00. The molecular weight excluding hydrogens is 248 g/mol. The lowest BCUT2D eigenvalue weighted by molar-refractivity contribution is 0.475. The Morgan fingerprint density at radius 1 is 1.28 bits per heavy atom. The fourth-order valence-electron chi connectivity index (χ4n) is 1.81. The van der Waals surface area contributed by atoms with Gasteiger partial charge in [-0.3, -0.25) is 4.79 Å². The number of hydrogen-bond donors (Lipinski definition) is 2. The first-order valence-electron chi connectivity index (χ1n) is 5.43. The van der Waals surface area contributed by atoms with E-state index in [4.69, 9.17) is 0 Å². The molecule has 0 fully saturated rings. The fourth-order valence-corrected chi connectivity index (χ4v) is 2.69. The Morgan fingerprint density at radius 3 is 2.72 bits per heavy atom. The van der Waals surface area contributed by atoms with Gasteiger partial charge in [-0.1, -0.05) is 0 Å². The summed E-state index contributed by atoms with van der Waals surface area (Å²) in [7, 11) is 0. The summed E-state index contributed by atoms with van der Waals surface area (Å²) in [4.78, 5) is 20.9. The van der Waals surface area contributed by atoms with Gasteiger partial charge in [0.1, 0.15) is 16.4 Å². The number of aromatic nitrogens is 2. The number of aromatic hydroxyl groups is 1. The molecule has 0 aliphatic heterocycles. The van der Waals surface area contributed by atoms with E-state index in [1.165, 1.54) is 11.3 Å². The first kappa shape index (κ1) is 11.0. The first-order chi connectivity index (χ1) is 8.63. The predicted molar refractivity (Wildman–Crippen MR) is 72.1 cm³/mol. The largest absolute Gasteiger partial charge is 0.508 e. The average molecular weight is 258 g/mol. The molecule has 2 N–H and O–H groups in total. The van der Waals surface area contributed by atoms with Crippen LogP contribution in [0, 0.1) is 6.92 Å². The number of rotatable bonds is 1. The maximum absolute atomic E-state index is 11.9. The summed E-state index contributed by atoms with van der Waals surface area (Å²) in [6, 6.07) is 8.42. The summed E-state index contributed by atoms with van der Waals surface area (Å²) in [6.07, 6.45) is 0. The Labute approximate surface area is 107 Å². The van der Waals surface area contributed by atoms with Gasteiger partial charge < -0.3 is 10.1 Å². The van der Waals surface area contributed by atoms with Crippen LogP contribution < -0.4 is 5.56 Å². The summed E-state index contributed by atoms with van der Waals surface area (Å²) in [5.74, 6) is 0.712. The molecule has 0 aliphatic carbocycles. The number of nitrogens with zero attached hydrogens (tertiary/aromatic N) is 1. The van der Waals surface area contributed by atoms with Gasteiger partial charge in [0.05, 0.1) is 5.39 Å². The second-order valence-corrected chi connectivity index (χ2v) is 5.27. The normalized spacial score (nSPS) is 10.9. The molecule has 0 radical (unpaired) electrons. The number of thiophene rings is 1. The van der Waals surface area contributed by atoms with E-state index in [2.05, 4.69) is 9.97 Å². The number of aryl methyl sites for hydroxylation is 1. The Bertz CT molecular complexity index is 772. The first-order valence-corrected chi connectivity index (χ1v) is 6.25. The molecule has 0 saturated carbocycles. The van der Waals surface area contributed by atoms with Crippen molar-refractivity contribution >= 4 is 21.6 Å². The predicted octanol–water partition coefficient (Wildman–Crippen LogP) is 2.67. The summed E-state index contributed by atoms with van der Waals surface area (Å²) >= 11 is 1.50. The van der Waals surface area contributed by atoms with Crippen molar-refractivity contribution in [3.63, 3.8) is 0 Å². The number of benzene rings is 1. The molecule has 18 heavy (non-hydrogen) atoms. The number of nitrogens with one attached hydrogen (secondary N) is 1. The van der Waals surface area contributed by atoms with Crippen LogP contribution in [-0.2, 0) is 0 Å². The van der Waals surface area contributed by atoms with Gasteiger partial charge in [-0.05, 0) is 37.3 Å². The van der Waals surface area contributed by atoms with Crippen LogP contribution in [0.5, 0.6) is 5.75 Å². The maximum atomic E-state index is 11.9. The zero-order valence-electron chi connectivity index (χ0n) is 9.60. The molecule has 0 spiro atoms. The fraction of sp³-hybridized carbons (Fsp3) is 0.0769. The molecule has 0 aliphatic rings. The minimum atomic E-state index is -0.132. The Hall–Kier alpha value is -2.14. The van der Waals surface area contributed by atoms with Gasteiger partial charge in [0.2, 0.25) is 0 Å². The van der Waals surface area contributed by atoms with Crippen molar-refractivity contribution in [2.75, 3.05) is 0 Å². The van der Waals surface area contributed by atoms with E-state index in [9.17, 15) is 9.90 Å². The van der Waals surface area contributed by atoms with Crippen LogP contribution in [0.2, 0.25) is 0 Å². The number of H-pyrrole nitrogens is 1. The molecular formula is C13H10N2O2S. The summed E-state index contributed by atoms with van der Waals surface area (Å²) < 4.78 is 0. The summed E-state index contributed by atoms with van der Waals surface area (Å²) in [5, 5.41) is 9.87. The van der Waals surface area contributed by atoms with Gasteiger partial charge >= 0.3 is 0 Å². The van der Waals surface area contributed by atoms with Crippen LogP contribution in [0.15, 0.2) is 35.1 Å². The van der Waals surface area contributed by atoms with Crippen LogP contribution in [0.3, 0.4) is 0 Å². The molecule has 2 heterocycles. The molecule has 4 nitrogen and oxygen atoms in total. The third-order valence-electron chi connectivity index (χ3n) is 2.67. The molecule has 0 unspecified atom stereocenters. The van der Waals surface area contributed by atoms with Gasteiger partial charge in [-0.25, -0.2) is 4.98 Å². The van der Waals surface area contributed by atoms with E-state index in [1.807, 2.05) is 13.0 Å². The van der Waals surface area contributed by atoms with Crippen LogP contribution >= 0.6 is 11.3 Å². The summed E-state index contributed by atoms with van der Waals surface area (Å²) in [5.41, 5.74) is 0.644. The molecule has 5 heteroatoms. The summed E-state index contributed by atoms with van der Waals surface area (Å²) in [6.45, 7) is 1.95. The van der Waals surface area contributed by atoms with Gasteiger partial charge in [0.15, 0.2) is 0 Å². The smallest absolute Gasteiger partial charge is 0.259 e. The van der Waals surface area contributed by atoms with Gasteiger partial charge in [0, 0.05) is 10.4 Å². The van der Waals surface area contributed by atoms with E-state index in [-0.39, 0.29) is 11.3 Å².